The number of amides is 1. The maximum atomic E-state index is 12.7. The molecule has 1 fully saturated rings. The predicted octanol–water partition coefficient (Wildman–Crippen LogP) is 1.61. The van der Waals surface area contributed by atoms with Crippen LogP contribution < -0.4 is 5.32 Å². The number of carbonyl (C=O) groups excluding carboxylic acids is 1. The van der Waals surface area contributed by atoms with Gasteiger partial charge in [-0.1, -0.05) is 6.42 Å². The van der Waals surface area contributed by atoms with E-state index in [9.17, 15) is 9.18 Å². The second-order valence-electron chi connectivity index (χ2n) is 4.83. The number of nitrogens with one attached hydrogen (secondary N) is 1. The van der Waals surface area contributed by atoms with Gasteiger partial charge in [0.25, 0.3) is 0 Å². The molecular formula is C14H19FN2O2. The maximum absolute atomic E-state index is 12.7. The molecule has 1 aliphatic carbocycles. The Kier molecular flexibility index (Phi) is 4.87. The highest BCUT2D eigenvalue weighted by atomic mass is 19.1. The normalized spacial score (nSPS) is 15.3. The van der Waals surface area contributed by atoms with Crippen molar-refractivity contribution >= 4 is 11.6 Å². The van der Waals surface area contributed by atoms with E-state index < -0.39 is 0 Å². The van der Waals surface area contributed by atoms with Crippen LogP contribution in [0.2, 0.25) is 0 Å². The minimum absolute atomic E-state index is 0.0559. The van der Waals surface area contributed by atoms with E-state index in [2.05, 4.69) is 5.32 Å². The molecule has 0 heterocycles. The molecule has 1 saturated carbocycles. The fraction of sp³-hybridized carbons (Fsp3) is 0.500. The first-order chi connectivity index (χ1) is 9.19. The average molecular weight is 266 g/mol. The third-order valence-electron chi connectivity index (χ3n) is 3.45. The Labute approximate surface area is 112 Å². The van der Waals surface area contributed by atoms with Gasteiger partial charge < -0.3 is 10.4 Å². The molecule has 19 heavy (non-hydrogen) atoms. The highest BCUT2D eigenvalue weighted by Crippen LogP contribution is 2.24. The van der Waals surface area contributed by atoms with Crippen molar-refractivity contribution < 1.29 is 14.3 Å². The first-order valence-corrected chi connectivity index (χ1v) is 6.59. The number of aliphatic hydroxyl groups is 1. The summed E-state index contributed by atoms with van der Waals surface area (Å²) in [6.45, 7) is 0.838. The predicted molar refractivity (Wildman–Crippen MR) is 71.3 cm³/mol. The van der Waals surface area contributed by atoms with Crippen molar-refractivity contribution in [3.05, 3.63) is 30.1 Å². The molecule has 1 aliphatic rings. The van der Waals surface area contributed by atoms with Crippen LogP contribution >= 0.6 is 0 Å². The zero-order chi connectivity index (χ0) is 13.7. The Morgan fingerprint density at radius 2 is 2.05 bits per heavy atom. The fourth-order valence-corrected chi connectivity index (χ4v) is 2.19. The molecule has 0 radical (unpaired) electrons. The van der Waals surface area contributed by atoms with Crippen molar-refractivity contribution in [3.63, 3.8) is 0 Å². The van der Waals surface area contributed by atoms with Gasteiger partial charge in [0.1, 0.15) is 5.82 Å². The van der Waals surface area contributed by atoms with Crippen molar-refractivity contribution in [2.75, 3.05) is 25.0 Å². The van der Waals surface area contributed by atoms with Crippen LogP contribution in [0.4, 0.5) is 10.1 Å². The van der Waals surface area contributed by atoms with Crippen molar-refractivity contribution in [1.82, 2.24) is 4.90 Å². The van der Waals surface area contributed by atoms with E-state index in [1.807, 2.05) is 4.90 Å². The molecule has 1 amide bonds. The molecule has 0 spiro atoms. The van der Waals surface area contributed by atoms with Gasteiger partial charge in [-0.2, -0.15) is 0 Å². The van der Waals surface area contributed by atoms with Crippen LogP contribution in [-0.4, -0.2) is 41.7 Å². The fourth-order valence-electron chi connectivity index (χ4n) is 2.19. The number of benzene rings is 1. The van der Waals surface area contributed by atoms with Gasteiger partial charge in [-0.25, -0.2) is 4.39 Å². The molecular weight excluding hydrogens is 247 g/mol. The lowest BCUT2D eigenvalue weighted by Crippen LogP contribution is -2.45. The maximum Gasteiger partial charge on any atom is 0.238 e. The van der Waals surface area contributed by atoms with Crippen LogP contribution in [0.15, 0.2) is 24.3 Å². The van der Waals surface area contributed by atoms with Gasteiger partial charge in [0.2, 0.25) is 5.91 Å². The van der Waals surface area contributed by atoms with Crippen LogP contribution in [0.1, 0.15) is 19.3 Å². The van der Waals surface area contributed by atoms with E-state index >= 15 is 0 Å². The van der Waals surface area contributed by atoms with Gasteiger partial charge in [0.05, 0.1) is 13.2 Å². The minimum Gasteiger partial charge on any atom is -0.395 e. The monoisotopic (exact) mass is 266 g/mol. The van der Waals surface area contributed by atoms with Gasteiger partial charge >= 0.3 is 0 Å². The third-order valence-corrected chi connectivity index (χ3v) is 3.45. The van der Waals surface area contributed by atoms with Crippen LogP contribution in [0.25, 0.3) is 0 Å². The number of hydrogen-bond acceptors (Lipinski definition) is 3. The molecule has 4 nitrogen and oxygen atoms in total. The number of carbonyl (C=O) groups is 1. The topological polar surface area (TPSA) is 52.6 Å². The smallest absolute Gasteiger partial charge is 0.238 e. The molecule has 5 heteroatoms. The molecule has 0 saturated heterocycles. The van der Waals surface area contributed by atoms with Crippen molar-refractivity contribution in [1.29, 1.82) is 0 Å². The summed E-state index contributed by atoms with van der Waals surface area (Å²) in [7, 11) is 0. The molecule has 0 atom stereocenters. The second-order valence-corrected chi connectivity index (χ2v) is 4.83. The summed E-state index contributed by atoms with van der Waals surface area (Å²) in [5.74, 6) is -0.457. The molecule has 0 aliphatic heterocycles. The number of nitrogens with zero attached hydrogens (tertiary/aromatic N) is 1. The van der Waals surface area contributed by atoms with Crippen LogP contribution in [0.5, 0.6) is 0 Å². The van der Waals surface area contributed by atoms with Gasteiger partial charge in [0, 0.05) is 18.3 Å². The van der Waals surface area contributed by atoms with Crippen LogP contribution in [0, 0.1) is 5.82 Å². The Hall–Kier alpha value is -1.46. The number of rotatable bonds is 6. The van der Waals surface area contributed by atoms with E-state index in [0.29, 0.717) is 18.3 Å². The van der Waals surface area contributed by atoms with Crippen molar-refractivity contribution in [2.45, 2.75) is 25.3 Å². The lowest BCUT2D eigenvalue weighted by molar-refractivity contribution is -0.118. The Balaban J connectivity index is 1.86. The summed E-state index contributed by atoms with van der Waals surface area (Å²) in [6, 6.07) is 6.10. The SMILES string of the molecule is O=C(CN(CCO)C1CCC1)Nc1ccc(F)cc1. The van der Waals surface area contributed by atoms with Crippen LogP contribution in [0.3, 0.4) is 0 Å². The summed E-state index contributed by atoms with van der Waals surface area (Å²) in [5.41, 5.74) is 0.587. The highest BCUT2D eigenvalue weighted by molar-refractivity contribution is 5.92. The van der Waals surface area contributed by atoms with E-state index in [1.54, 1.807) is 0 Å². The third kappa shape index (κ3) is 4.01. The molecule has 1 aromatic carbocycles. The first kappa shape index (κ1) is 14.0. The minimum atomic E-state index is -0.325. The molecule has 0 bridgehead atoms. The molecule has 104 valence electrons. The second kappa shape index (κ2) is 6.63. The van der Waals surface area contributed by atoms with Gasteiger partial charge in [-0.3, -0.25) is 9.69 Å². The van der Waals surface area contributed by atoms with Crippen molar-refractivity contribution in [2.24, 2.45) is 0 Å². The molecule has 0 unspecified atom stereocenters. The quantitative estimate of drug-likeness (QED) is 0.822. The Morgan fingerprint density at radius 1 is 1.37 bits per heavy atom. The van der Waals surface area contributed by atoms with Crippen LogP contribution in [-0.2, 0) is 4.79 Å². The summed E-state index contributed by atoms with van der Waals surface area (Å²) in [5, 5.41) is 11.8. The van der Waals surface area contributed by atoms with Gasteiger partial charge in [0.15, 0.2) is 0 Å². The summed E-state index contributed by atoms with van der Waals surface area (Å²) in [4.78, 5) is 13.9. The summed E-state index contributed by atoms with van der Waals surface area (Å²) < 4.78 is 12.7. The van der Waals surface area contributed by atoms with E-state index in [1.165, 1.54) is 30.7 Å². The number of anilines is 1. The lowest BCUT2D eigenvalue weighted by atomic mass is 9.91. The molecule has 1 aromatic rings. The zero-order valence-corrected chi connectivity index (χ0v) is 10.8. The van der Waals surface area contributed by atoms with E-state index in [-0.39, 0.29) is 24.9 Å². The number of aliphatic hydroxyl groups excluding tert-OH is 1. The Morgan fingerprint density at radius 3 is 2.58 bits per heavy atom. The molecule has 2 N–H and O–H groups in total. The number of hydrogen-bond donors (Lipinski definition) is 2. The molecule has 0 aromatic heterocycles. The standard InChI is InChI=1S/C14H19FN2O2/c15-11-4-6-12(7-5-11)16-14(19)10-17(8-9-18)13-2-1-3-13/h4-7,13,18H,1-3,8-10H2,(H,16,19). The summed E-state index contributed by atoms with van der Waals surface area (Å²) >= 11 is 0. The number of halogens is 1. The highest BCUT2D eigenvalue weighted by Gasteiger charge is 2.25. The molecule has 2 rings (SSSR count). The van der Waals surface area contributed by atoms with Crippen molar-refractivity contribution in [3.8, 4) is 0 Å². The summed E-state index contributed by atoms with van der Waals surface area (Å²) in [6.07, 6.45) is 3.36. The van der Waals surface area contributed by atoms with E-state index in [4.69, 9.17) is 5.11 Å². The van der Waals surface area contributed by atoms with Gasteiger partial charge in [-0.15, -0.1) is 0 Å². The Bertz CT molecular complexity index is 418. The van der Waals surface area contributed by atoms with Gasteiger partial charge in [-0.05, 0) is 37.1 Å². The first-order valence-electron chi connectivity index (χ1n) is 6.59. The van der Waals surface area contributed by atoms with E-state index in [0.717, 1.165) is 12.8 Å². The zero-order valence-electron chi connectivity index (χ0n) is 10.8. The lowest BCUT2D eigenvalue weighted by Gasteiger charge is -2.36. The largest absolute Gasteiger partial charge is 0.395 e. The average Bonchev–Trinajstić information content (AvgIpc) is 2.30.